The third-order valence-corrected chi connectivity index (χ3v) is 6.42. The summed E-state index contributed by atoms with van der Waals surface area (Å²) in [7, 11) is 0. The molecule has 2 atom stereocenters. The number of benzene rings is 1. The van der Waals surface area contributed by atoms with Crippen LogP contribution in [0.3, 0.4) is 0 Å². The van der Waals surface area contributed by atoms with Crippen LogP contribution in [0.25, 0.3) is 21.9 Å². The quantitative estimate of drug-likeness (QED) is 0.567. The van der Waals surface area contributed by atoms with Crippen LogP contribution >= 0.6 is 0 Å². The van der Waals surface area contributed by atoms with Crippen LogP contribution in [-0.4, -0.2) is 55.9 Å². The van der Waals surface area contributed by atoms with Crippen LogP contribution in [0.2, 0.25) is 0 Å². The molecule has 0 unspecified atom stereocenters. The maximum atomic E-state index is 13.2. The molecule has 2 N–H and O–H groups in total. The zero-order valence-corrected chi connectivity index (χ0v) is 16.0. The van der Waals surface area contributed by atoms with Gasteiger partial charge in [0.1, 0.15) is 17.8 Å². The van der Waals surface area contributed by atoms with Crippen molar-refractivity contribution in [3.63, 3.8) is 0 Å². The molecule has 0 aliphatic carbocycles. The largest absolute Gasteiger partial charge is 0.361 e. The summed E-state index contributed by atoms with van der Waals surface area (Å²) in [6, 6.07) is 10.7. The summed E-state index contributed by atoms with van der Waals surface area (Å²) in [6.45, 7) is 1.65. The highest BCUT2D eigenvalue weighted by Gasteiger charge is 2.43. The van der Waals surface area contributed by atoms with Gasteiger partial charge < -0.3 is 19.8 Å². The van der Waals surface area contributed by atoms with Gasteiger partial charge in [0, 0.05) is 48.5 Å². The first kappa shape index (κ1) is 16.6. The SMILES string of the molecule is O=C(Cc1c[nH]c2ccccc12)N1[C@@H]2CC[C@@H]1CN(c1ncnc3[nH]ccc13)C2. The predicted molar refractivity (Wildman–Crippen MR) is 112 cm³/mol. The van der Waals surface area contributed by atoms with Gasteiger partial charge in [0.05, 0.1) is 11.8 Å². The molecule has 1 aromatic carbocycles. The molecule has 29 heavy (non-hydrogen) atoms. The smallest absolute Gasteiger partial charge is 0.227 e. The highest BCUT2D eigenvalue weighted by molar-refractivity contribution is 5.90. The molecule has 2 aliphatic rings. The van der Waals surface area contributed by atoms with Crippen LogP contribution in [0.1, 0.15) is 18.4 Å². The topological polar surface area (TPSA) is 80.9 Å². The third-order valence-electron chi connectivity index (χ3n) is 6.42. The van der Waals surface area contributed by atoms with Gasteiger partial charge in [-0.1, -0.05) is 18.2 Å². The number of H-pyrrole nitrogens is 2. The van der Waals surface area contributed by atoms with Crippen molar-refractivity contribution in [1.29, 1.82) is 0 Å². The van der Waals surface area contributed by atoms with Crippen LogP contribution in [-0.2, 0) is 11.2 Å². The summed E-state index contributed by atoms with van der Waals surface area (Å²) in [4.78, 5) is 33.0. The lowest BCUT2D eigenvalue weighted by Crippen LogP contribution is -2.56. The van der Waals surface area contributed by atoms with E-state index in [1.165, 1.54) is 0 Å². The lowest BCUT2D eigenvalue weighted by Gasteiger charge is -2.41. The van der Waals surface area contributed by atoms with Gasteiger partial charge in [-0.2, -0.15) is 0 Å². The number of rotatable bonds is 3. The van der Waals surface area contributed by atoms with Gasteiger partial charge in [-0.25, -0.2) is 9.97 Å². The summed E-state index contributed by atoms with van der Waals surface area (Å²) >= 11 is 0. The second kappa shape index (κ2) is 6.34. The molecule has 0 radical (unpaired) electrons. The van der Waals surface area contributed by atoms with Gasteiger partial charge in [0.15, 0.2) is 0 Å². The van der Waals surface area contributed by atoms with Crippen molar-refractivity contribution < 1.29 is 4.79 Å². The van der Waals surface area contributed by atoms with Crippen molar-refractivity contribution in [3.05, 3.63) is 54.6 Å². The number of hydrogen-bond acceptors (Lipinski definition) is 4. The lowest BCUT2D eigenvalue weighted by molar-refractivity contribution is -0.133. The zero-order valence-electron chi connectivity index (χ0n) is 16.0. The number of para-hydroxylation sites is 1. The minimum atomic E-state index is 0.233. The first-order chi connectivity index (χ1) is 14.3. The molecule has 0 spiro atoms. The van der Waals surface area contributed by atoms with Crippen molar-refractivity contribution in [1.82, 2.24) is 24.8 Å². The van der Waals surface area contributed by atoms with Crippen LogP contribution in [0, 0.1) is 0 Å². The molecule has 1 amide bonds. The average molecular weight is 386 g/mol. The Hall–Kier alpha value is -3.35. The Balaban J connectivity index is 1.24. The van der Waals surface area contributed by atoms with Crippen molar-refractivity contribution >= 4 is 33.7 Å². The molecule has 2 bridgehead atoms. The molecular weight excluding hydrogens is 364 g/mol. The minimum absolute atomic E-state index is 0.233. The van der Waals surface area contributed by atoms with E-state index < -0.39 is 0 Å². The number of anilines is 1. The first-order valence-electron chi connectivity index (χ1n) is 10.2. The Labute approximate surface area is 167 Å². The minimum Gasteiger partial charge on any atom is -0.361 e. The molecule has 0 saturated carbocycles. The Morgan fingerprint density at radius 1 is 1.03 bits per heavy atom. The second-order valence-corrected chi connectivity index (χ2v) is 8.06. The van der Waals surface area contributed by atoms with Crippen LogP contribution < -0.4 is 4.90 Å². The maximum absolute atomic E-state index is 13.2. The Bertz CT molecular complexity index is 1200. The fraction of sp³-hybridized carbons (Fsp3) is 0.318. The van der Waals surface area contributed by atoms with E-state index in [1.807, 2.05) is 30.6 Å². The number of carbonyl (C=O) groups excluding carboxylic acids is 1. The fourth-order valence-corrected chi connectivity index (χ4v) is 5.13. The number of carbonyl (C=O) groups is 1. The van der Waals surface area contributed by atoms with E-state index in [4.69, 9.17) is 0 Å². The van der Waals surface area contributed by atoms with Gasteiger partial charge in [-0.3, -0.25) is 4.79 Å². The van der Waals surface area contributed by atoms with E-state index in [2.05, 4.69) is 41.9 Å². The summed E-state index contributed by atoms with van der Waals surface area (Å²) in [6.07, 6.45) is 8.06. The Morgan fingerprint density at radius 3 is 2.72 bits per heavy atom. The molecule has 146 valence electrons. The summed E-state index contributed by atoms with van der Waals surface area (Å²) in [5.41, 5.74) is 3.03. The van der Waals surface area contributed by atoms with E-state index in [9.17, 15) is 4.79 Å². The number of nitrogens with zero attached hydrogens (tertiary/aromatic N) is 4. The number of nitrogens with one attached hydrogen (secondary N) is 2. The number of aromatic amines is 2. The number of hydrogen-bond donors (Lipinski definition) is 2. The summed E-state index contributed by atoms with van der Waals surface area (Å²) < 4.78 is 0. The van der Waals surface area contributed by atoms with Crippen molar-refractivity contribution in [2.45, 2.75) is 31.3 Å². The highest BCUT2D eigenvalue weighted by Crippen LogP contribution is 2.34. The molecule has 2 saturated heterocycles. The van der Waals surface area contributed by atoms with Crippen LogP contribution in [0.5, 0.6) is 0 Å². The molecule has 7 nitrogen and oxygen atoms in total. The van der Waals surface area contributed by atoms with Gasteiger partial charge in [0.2, 0.25) is 5.91 Å². The van der Waals surface area contributed by atoms with E-state index >= 15 is 0 Å². The molecule has 5 heterocycles. The molecule has 6 rings (SSSR count). The van der Waals surface area contributed by atoms with Gasteiger partial charge in [-0.05, 0) is 30.5 Å². The van der Waals surface area contributed by atoms with Crippen molar-refractivity contribution in [2.75, 3.05) is 18.0 Å². The van der Waals surface area contributed by atoms with Gasteiger partial charge in [0.25, 0.3) is 0 Å². The molecule has 4 aromatic rings. The third kappa shape index (κ3) is 2.61. The number of piperazine rings is 1. The van der Waals surface area contributed by atoms with Crippen molar-refractivity contribution in [3.8, 4) is 0 Å². The summed E-state index contributed by atoms with van der Waals surface area (Å²) in [5, 5.41) is 2.19. The Kier molecular flexibility index (Phi) is 3.62. The molecule has 2 fully saturated rings. The second-order valence-electron chi connectivity index (χ2n) is 8.06. The molecular formula is C22H22N6O. The molecule has 3 aromatic heterocycles. The first-order valence-corrected chi connectivity index (χ1v) is 10.2. The van der Waals surface area contributed by atoms with E-state index in [0.717, 1.165) is 59.2 Å². The monoisotopic (exact) mass is 386 g/mol. The van der Waals surface area contributed by atoms with Gasteiger partial charge in [-0.15, -0.1) is 0 Å². The average Bonchev–Trinajstić information content (AvgIpc) is 3.44. The maximum Gasteiger partial charge on any atom is 0.227 e. The van der Waals surface area contributed by atoms with Crippen molar-refractivity contribution in [2.24, 2.45) is 0 Å². The number of aromatic nitrogens is 4. The van der Waals surface area contributed by atoms with Crippen LogP contribution in [0.15, 0.2) is 49.1 Å². The summed E-state index contributed by atoms with van der Waals surface area (Å²) in [5.74, 6) is 1.20. The fourth-order valence-electron chi connectivity index (χ4n) is 5.13. The number of amides is 1. The molecule has 2 aliphatic heterocycles. The van der Waals surface area contributed by atoms with E-state index in [0.29, 0.717) is 6.42 Å². The normalized spacial score (nSPS) is 21.4. The standard InChI is InChI=1S/C22H22N6O/c29-20(9-14-10-24-19-4-2-1-3-17(14)19)28-15-5-6-16(28)12-27(11-15)22-18-7-8-23-21(18)25-13-26-22/h1-4,7-8,10,13,15-16,24H,5-6,9,11-12H2,(H,23,25,26)/t15-,16-/m1/s1. The van der Waals surface area contributed by atoms with Gasteiger partial charge >= 0.3 is 0 Å². The number of fused-ring (bicyclic) bond motifs is 4. The highest BCUT2D eigenvalue weighted by atomic mass is 16.2. The zero-order chi connectivity index (χ0) is 19.4. The Morgan fingerprint density at radius 2 is 1.86 bits per heavy atom. The lowest BCUT2D eigenvalue weighted by atomic mass is 10.1. The predicted octanol–water partition coefficient (Wildman–Crippen LogP) is 2.86. The van der Waals surface area contributed by atoms with Crippen LogP contribution in [0.4, 0.5) is 5.82 Å². The molecule has 7 heteroatoms. The van der Waals surface area contributed by atoms with E-state index in [-0.39, 0.29) is 18.0 Å². The van der Waals surface area contributed by atoms with E-state index in [1.54, 1.807) is 6.33 Å².